The minimum absolute atomic E-state index is 0.141. The Morgan fingerprint density at radius 2 is 2.06 bits per heavy atom. The van der Waals surface area contributed by atoms with E-state index in [1.54, 1.807) is 18.2 Å². The molecule has 92 valence electrons. The molecule has 0 aliphatic carbocycles. The van der Waals surface area contributed by atoms with Gasteiger partial charge in [0.05, 0.1) is 4.90 Å². The van der Waals surface area contributed by atoms with E-state index in [0.29, 0.717) is 5.56 Å². The molecule has 0 unspecified atom stereocenters. The number of hydrogen-bond donors (Lipinski definition) is 2. The Labute approximate surface area is 101 Å². The molecule has 0 bridgehead atoms. The van der Waals surface area contributed by atoms with Gasteiger partial charge in [-0.05, 0) is 24.8 Å². The quantitative estimate of drug-likeness (QED) is 0.747. The van der Waals surface area contributed by atoms with Crippen LogP contribution >= 0.6 is 0 Å². The van der Waals surface area contributed by atoms with Gasteiger partial charge in [0.15, 0.2) is 0 Å². The SMILES string of the molecule is C=CC(=O)NCc1ccccc1S(=O)(=O)NC. The van der Waals surface area contributed by atoms with Gasteiger partial charge in [-0.15, -0.1) is 0 Å². The maximum atomic E-state index is 11.7. The van der Waals surface area contributed by atoms with Crippen LogP contribution in [-0.4, -0.2) is 21.4 Å². The Morgan fingerprint density at radius 1 is 1.41 bits per heavy atom. The van der Waals surface area contributed by atoms with E-state index in [0.717, 1.165) is 6.08 Å². The van der Waals surface area contributed by atoms with Crippen LogP contribution in [0.4, 0.5) is 0 Å². The molecule has 0 saturated carbocycles. The summed E-state index contributed by atoms with van der Waals surface area (Å²) in [5.41, 5.74) is 0.525. The van der Waals surface area contributed by atoms with E-state index in [1.165, 1.54) is 13.1 Å². The summed E-state index contributed by atoms with van der Waals surface area (Å²) in [6, 6.07) is 6.47. The summed E-state index contributed by atoms with van der Waals surface area (Å²) >= 11 is 0. The third-order valence-corrected chi connectivity index (χ3v) is 3.68. The van der Waals surface area contributed by atoms with Gasteiger partial charge in [-0.1, -0.05) is 24.8 Å². The van der Waals surface area contributed by atoms with Crippen LogP contribution in [0.25, 0.3) is 0 Å². The molecule has 0 saturated heterocycles. The molecule has 5 nitrogen and oxygen atoms in total. The van der Waals surface area contributed by atoms with E-state index in [1.807, 2.05) is 0 Å². The van der Waals surface area contributed by atoms with Gasteiger partial charge in [-0.25, -0.2) is 13.1 Å². The highest BCUT2D eigenvalue weighted by atomic mass is 32.2. The Bertz CT molecular complexity index is 523. The van der Waals surface area contributed by atoms with Crippen molar-refractivity contribution in [1.29, 1.82) is 0 Å². The van der Waals surface area contributed by atoms with Crippen LogP contribution in [0, 0.1) is 0 Å². The topological polar surface area (TPSA) is 75.3 Å². The van der Waals surface area contributed by atoms with Crippen LogP contribution in [0.5, 0.6) is 0 Å². The first-order chi connectivity index (χ1) is 8.01. The fourth-order valence-corrected chi connectivity index (χ4v) is 2.24. The number of carbonyl (C=O) groups is 1. The summed E-state index contributed by atoms with van der Waals surface area (Å²) in [5, 5.41) is 2.54. The molecule has 1 aromatic carbocycles. The minimum Gasteiger partial charge on any atom is -0.348 e. The first-order valence-electron chi connectivity index (χ1n) is 4.93. The summed E-state index contributed by atoms with van der Waals surface area (Å²) in [7, 11) is -2.17. The summed E-state index contributed by atoms with van der Waals surface area (Å²) in [5.74, 6) is -0.346. The maximum absolute atomic E-state index is 11.7. The van der Waals surface area contributed by atoms with Crippen molar-refractivity contribution in [3.63, 3.8) is 0 Å². The Kier molecular flexibility index (Phi) is 4.42. The molecule has 0 fully saturated rings. The van der Waals surface area contributed by atoms with Crippen molar-refractivity contribution in [1.82, 2.24) is 10.0 Å². The lowest BCUT2D eigenvalue weighted by Gasteiger charge is -2.09. The zero-order valence-corrected chi connectivity index (χ0v) is 10.3. The summed E-state index contributed by atoms with van der Waals surface area (Å²) in [6.07, 6.45) is 1.13. The molecule has 0 atom stereocenters. The van der Waals surface area contributed by atoms with Gasteiger partial charge in [-0.2, -0.15) is 0 Å². The third kappa shape index (κ3) is 3.40. The zero-order chi connectivity index (χ0) is 12.9. The van der Waals surface area contributed by atoms with Crippen molar-refractivity contribution in [3.8, 4) is 0 Å². The number of carbonyl (C=O) groups excluding carboxylic acids is 1. The van der Waals surface area contributed by atoms with Gasteiger partial charge in [-0.3, -0.25) is 4.79 Å². The average Bonchev–Trinajstić information content (AvgIpc) is 2.36. The Balaban J connectivity index is 3.01. The smallest absolute Gasteiger partial charge is 0.243 e. The van der Waals surface area contributed by atoms with E-state index in [-0.39, 0.29) is 17.3 Å². The standard InChI is InChI=1S/C11H14N2O3S/c1-3-11(14)13-8-9-6-4-5-7-10(9)17(15,16)12-2/h3-7,12H,1,8H2,2H3,(H,13,14). The van der Waals surface area contributed by atoms with E-state index >= 15 is 0 Å². The molecule has 6 heteroatoms. The highest BCUT2D eigenvalue weighted by molar-refractivity contribution is 7.89. The molecule has 1 amide bonds. The first-order valence-corrected chi connectivity index (χ1v) is 6.41. The summed E-state index contributed by atoms with van der Waals surface area (Å²) in [4.78, 5) is 11.2. The second kappa shape index (κ2) is 5.60. The monoisotopic (exact) mass is 254 g/mol. The molecule has 2 N–H and O–H groups in total. The van der Waals surface area contributed by atoms with Crippen molar-refractivity contribution in [3.05, 3.63) is 42.5 Å². The van der Waals surface area contributed by atoms with Gasteiger partial charge in [0.25, 0.3) is 0 Å². The van der Waals surface area contributed by atoms with Crippen LogP contribution in [0.15, 0.2) is 41.8 Å². The van der Waals surface area contributed by atoms with Gasteiger partial charge < -0.3 is 5.32 Å². The average molecular weight is 254 g/mol. The van der Waals surface area contributed by atoms with Crippen LogP contribution in [0.2, 0.25) is 0 Å². The lowest BCUT2D eigenvalue weighted by atomic mass is 10.2. The zero-order valence-electron chi connectivity index (χ0n) is 9.43. The molecule has 1 aromatic rings. The van der Waals surface area contributed by atoms with Crippen molar-refractivity contribution >= 4 is 15.9 Å². The highest BCUT2D eigenvalue weighted by Gasteiger charge is 2.15. The second-order valence-electron chi connectivity index (χ2n) is 3.24. The Morgan fingerprint density at radius 3 is 2.65 bits per heavy atom. The van der Waals surface area contributed by atoms with Gasteiger partial charge >= 0.3 is 0 Å². The summed E-state index contributed by atoms with van der Waals surface area (Å²) < 4.78 is 25.6. The minimum atomic E-state index is -3.51. The molecule has 0 spiro atoms. The Hall–Kier alpha value is -1.66. The molecule has 0 aliphatic rings. The lowest BCUT2D eigenvalue weighted by molar-refractivity contribution is -0.116. The number of rotatable bonds is 5. The molecule has 0 aromatic heterocycles. The highest BCUT2D eigenvalue weighted by Crippen LogP contribution is 2.14. The molecule has 0 aliphatic heterocycles. The molecule has 0 heterocycles. The molecule has 1 rings (SSSR count). The number of amides is 1. The van der Waals surface area contributed by atoms with E-state index in [2.05, 4.69) is 16.6 Å². The van der Waals surface area contributed by atoms with E-state index in [4.69, 9.17) is 0 Å². The summed E-state index contributed by atoms with van der Waals surface area (Å²) in [6.45, 7) is 3.46. The van der Waals surface area contributed by atoms with Crippen molar-refractivity contribution in [2.45, 2.75) is 11.4 Å². The van der Waals surface area contributed by atoms with E-state index < -0.39 is 10.0 Å². The molecule has 17 heavy (non-hydrogen) atoms. The van der Waals surface area contributed by atoms with Crippen LogP contribution in [0.3, 0.4) is 0 Å². The first kappa shape index (κ1) is 13.4. The van der Waals surface area contributed by atoms with Crippen LogP contribution in [-0.2, 0) is 21.4 Å². The number of nitrogens with one attached hydrogen (secondary N) is 2. The van der Waals surface area contributed by atoms with E-state index in [9.17, 15) is 13.2 Å². The van der Waals surface area contributed by atoms with Crippen molar-refractivity contribution in [2.75, 3.05) is 7.05 Å². The van der Waals surface area contributed by atoms with Crippen LogP contribution in [0.1, 0.15) is 5.56 Å². The molecule has 0 radical (unpaired) electrons. The number of sulfonamides is 1. The lowest BCUT2D eigenvalue weighted by Crippen LogP contribution is -2.24. The fourth-order valence-electron chi connectivity index (χ4n) is 1.28. The number of benzene rings is 1. The predicted molar refractivity (Wildman–Crippen MR) is 64.7 cm³/mol. The van der Waals surface area contributed by atoms with Gasteiger partial charge in [0.2, 0.25) is 15.9 Å². The number of hydrogen-bond acceptors (Lipinski definition) is 3. The normalized spacial score (nSPS) is 10.9. The fraction of sp³-hybridized carbons (Fsp3) is 0.182. The van der Waals surface area contributed by atoms with Gasteiger partial charge in [0.1, 0.15) is 0 Å². The molecular formula is C11H14N2O3S. The van der Waals surface area contributed by atoms with Crippen molar-refractivity contribution < 1.29 is 13.2 Å². The third-order valence-electron chi connectivity index (χ3n) is 2.17. The molecular weight excluding hydrogens is 240 g/mol. The second-order valence-corrected chi connectivity index (χ2v) is 5.09. The van der Waals surface area contributed by atoms with Gasteiger partial charge in [0, 0.05) is 6.54 Å². The van der Waals surface area contributed by atoms with Crippen LogP contribution < -0.4 is 10.0 Å². The maximum Gasteiger partial charge on any atom is 0.243 e. The predicted octanol–water partition coefficient (Wildman–Crippen LogP) is 0.397. The largest absolute Gasteiger partial charge is 0.348 e. The van der Waals surface area contributed by atoms with Crippen molar-refractivity contribution in [2.24, 2.45) is 0 Å².